The van der Waals surface area contributed by atoms with Gasteiger partial charge in [0.15, 0.2) is 0 Å². The number of amides is 1. The second kappa shape index (κ2) is 8.34. The molecular weight excluding hydrogens is 246 g/mol. The van der Waals surface area contributed by atoms with Crippen molar-refractivity contribution in [1.82, 2.24) is 0 Å². The predicted octanol–water partition coefficient (Wildman–Crippen LogP) is 0.833. The normalized spacial score (nSPS) is 10.4. The minimum absolute atomic E-state index is 0.439. The molecule has 19 heavy (non-hydrogen) atoms. The van der Waals surface area contributed by atoms with Crippen molar-refractivity contribution >= 4 is 17.3 Å². The zero-order valence-electron chi connectivity index (χ0n) is 11.1. The van der Waals surface area contributed by atoms with E-state index < -0.39 is 5.91 Å². The molecule has 0 aliphatic heterocycles. The Morgan fingerprint density at radius 1 is 1.32 bits per heavy atom. The highest BCUT2D eigenvalue weighted by molar-refractivity contribution is 5.99. The van der Waals surface area contributed by atoms with Gasteiger partial charge in [-0.1, -0.05) is 0 Å². The molecule has 0 aliphatic carbocycles. The first-order valence-electron chi connectivity index (χ1n) is 6.15. The van der Waals surface area contributed by atoms with Crippen LogP contribution in [0.1, 0.15) is 16.8 Å². The molecule has 0 aromatic heterocycles. The largest absolute Gasteiger partial charge is 0.399 e. The fourth-order valence-corrected chi connectivity index (χ4v) is 1.56. The summed E-state index contributed by atoms with van der Waals surface area (Å²) in [5.41, 5.74) is 12.7. The van der Waals surface area contributed by atoms with Gasteiger partial charge in [-0.05, 0) is 24.6 Å². The van der Waals surface area contributed by atoms with Crippen molar-refractivity contribution in [3.63, 3.8) is 0 Å². The van der Waals surface area contributed by atoms with Gasteiger partial charge in [0, 0.05) is 31.6 Å². The molecule has 0 heterocycles. The van der Waals surface area contributed by atoms with Crippen LogP contribution in [0.3, 0.4) is 0 Å². The Bertz CT molecular complexity index is 410. The van der Waals surface area contributed by atoms with Gasteiger partial charge in [-0.15, -0.1) is 0 Å². The molecule has 5 N–H and O–H groups in total. The first-order valence-corrected chi connectivity index (χ1v) is 6.15. The number of nitrogens with two attached hydrogens (primary N) is 2. The zero-order chi connectivity index (χ0) is 14.1. The molecule has 0 saturated carbocycles. The van der Waals surface area contributed by atoms with Gasteiger partial charge in [0.2, 0.25) is 0 Å². The van der Waals surface area contributed by atoms with E-state index in [1.165, 1.54) is 0 Å². The molecule has 1 aromatic rings. The molecule has 0 bridgehead atoms. The molecule has 0 atom stereocenters. The molecule has 0 saturated heterocycles. The highest BCUT2D eigenvalue weighted by Gasteiger charge is 2.07. The van der Waals surface area contributed by atoms with Gasteiger partial charge in [-0.3, -0.25) is 4.79 Å². The summed E-state index contributed by atoms with van der Waals surface area (Å²) >= 11 is 0. The number of nitrogen functional groups attached to an aromatic ring is 1. The van der Waals surface area contributed by atoms with E-state index in [2.05, 4.69) is 5.32 Å². The molecule has 0 aliphatic rings. The van der Waals surface area contributed by atoms with E-state index in [1.807, 2.05) is 0 Å². The van der Waals surface area contributed by atoms with Gasteiger partial charge in [0.1, 0.15) is 0 Å². The minimum atomic E-state index is -0.473. The number of methoxy groups -OCH3 is 1. The Morgan fingerprint density at radius 3 is 2.79 bits per heavy atom. The number of carbonyl (C=O) groups excluding carboxylic acids is 1. The number of benzene rings is 1. The maximum atomic E-state index is 11.2. The van der Waals surface area contributed by atoms with Crippen LogP contribution in [0.15, 0.2) is 18.2 Å². The smallest absolute Gasteiger partial charge is 0.250 e. The summed E-state index contributed by atoms with van der Waals surface area (Å²) in [4.78, 5) is 11.2. The SMILES string of the molecule is COCCOCCCNc1cc(N)ccc1C(N)=O. The lowest BCUT2D eigenvalue weighted by Gasteiger charge is -2.11. The second-order valence-corrected chi connectivity index (χ2v) is 4.05. The van der Waals surface area contributed by atoms with Crippen molar-refractivity contribution in [2.45, 2.75) is 6.42 Å². The van der Waals surface area contributed by atoms with Crippen molar-refractivity contribution in [3.05, 3.63) is 23.8 Å². The molecule has 0 spiro atoms. The van der Waals surface area contributed by atoms with Crippen LogP contribution in [0, 0.1) is 0 Å². The van der Waals surface area contributed by atoms with Crippen molar-refractivity contribution in [1.29, 1.82) is 0 Å². The topological polar surface area (TPSA) is 99.6 Å². The molecule has 6 nitrogen and oxygen atoms in total. The predicted molar refractivity (Wildman–Crippen MR) is 75.2 cm³/mol. The van der Waals surface area contributed by atoms with E-state index in [9.17, 15) is 4.79 Å². The highest BCUT2D eigenvalue weighted by atomic mass is 16.5. The number of ether oxygens (including phenoxy) is 2. The third-order valence-corrected chi connectivity index (χ3v) is 2.52. The molecule has 106 valence electrons. The Morgan fingerprint density at radius 2 is 2.11 bits per heavy atom. The molecule has 0 radical (unpaired) electrons. The maximum Gasteiger partial charge on any atom is 0.250 e. The molecule has 1 aromatic carbocycles. The third-order valence-electron chi connectivity index (χ3n) is 2.52. The molecular formula is C13H21N3O3. The van der Waals surface area contributed by atoms with Gasteiger partial charge in [0.05, 0.1) is 18.8 Å². The summed E-state index contributed by atoms with van der Waals surface area (Å²) in [5.74, 6) is -0.473. The van der Waals surface area contributed by atoms with E-state index in [-0.39, 0.29) is 0 Å². The first kappa shape index (κ1) is 15.3. The van der Waals surface area contributed by atoms with Crippen LogP contribution in [-0.4, -0.2) is 39.4 Å². The fraction of sp³-hybridized carbons (Fsp3) is 0.462. The number of rotatable bonds is 9. The zero-order valence-corrected chi connectivity index (χ0v) is 11.1. The molecule has 6 heteroatoms. The fourth-order valence-electron chi connectivity index (χ4n) is 1.56. The summed E-state index contributed by atoms with van der Waals surface area (Å²) in [6, 6.07) is 4.97. The summed E-state index contributed by atoms with van der Waals surface area (Å²) in [5, 5.41) is 3.13. The van der Waals surface area contributed by atoms with E-state index in [0.29, 0.717) is 43.3 Å². The van der Waals surface area contributed by atoms with Gasteiger partial charge in [0.25, 0.3) is 5.91 Å². The Labute approximate surface area is 113 Å². The summed E-state index contributed by atoms with van der Waals surface area (Å²) < 4.78 is 10.2. The summed E-state index contributed by atoms with van der Waals surface area (Å²) in [7, 11) is 1.64. The average molecular weight is 267 g/mol. The van der Waals surface area contributed by atoms with E-state index in [4.69, 9.17) is 20.9 Å². The quantitative estimate of drug-likeness (QED) is 0.454. The Hall–Kier alpha value is -1.79. The minimum Gasteiger partial charge on any atom is -0.399 e. The Kier molecular flexibility index (Phi) is 6.70. The lowest BCUT2D eigenvalue weighted by Crippen LogP contribution is -2.16. The van der Waals surface area contributed by atoms with Crippen LogP contribution in [0.2, 0.25) is 0 Å². The van der Waals surface area contributed by atoms with Gasteiger partial charge in [-0.2, -0.15) is 0 Å². The number of anilines is 2. The van der Waals surface area contributed by atoms with Gasteiger partial charge >= 0.3 is 0 Å². The van der Waals surface area contributed by atoms with E-state index in [1.54, 1.807) is 25.3 Å². The molecule has 0 unspecified atom stereocenters. The van der Waals surface area contributed by atoms with Gasteiger partial charge < -0.3 is 26.3 Å². The van der Waals surface area contributed by atoms with Crippen LogP contribution in [0.4, 0.5) is 11.4 Å². The Balaban J connectivity index is 2.36. The van der Waals surface area contributed by atoms with Crippen LogP contribution < -0.4 is 16.8 Å². The van der Waals surface area contributed by atoms with Gasteiger partial charge in [-0.25, -0.2) is 0 Å². The van der Waals surface area contributed by atoms with Crippen LogP contribution in [0.5, 0.6) is 0 Å². The third kappa shape index (κ3) is 5.58. The van der Waals surface area contributed by atoms with Crippen molar-refractivity contribution < 1.29 is 14.3 Å². The molecule has 0 fully saturated rings. The second-order valence-electron chi connectivity index (χ2n) is 4.05. The first-order chi connectivity index (χ1) is 9.15. The van der Waals surface area contributed by atoms with Crippen molar-refractivity contribution in [2.75, 3.05) is 44.5 Å². The lowest BCUT2D eigenvalue weighted by atomic mass is 10.1. The summed E-state index contributed by atoms with van der Waals surface area (Å²) in [6.07, 6.45) is 0.816. The van der Waals surface area contributed by atoms with E-state index >= 15 is 0 Å². The molecule has 1 rings (SSSR count). The standard InChI is InChI=1S/C13H21N3O3/c1-18-7-8-19-6-2-5-16-12-9-10(14)3-4-11(12)13(15)17/h3-4,9,16H,2,5-8,14H2,1H3,(H2,15,17). The maximum absolute atomic E-state index is 11.2. The van der Waals surface area contributed by atoms with Crippen LogP contribution >= 0.6 is 0 Å². The number of carbonyl (C=O) groups is 1. The van der Waals surface area contributed by atoms with Crippen LogP contribution in [0.25, 0.3) is 0 Å². The monoisotopic (exact) mass is 267 g/mol. The van der Waals surface area contributed by atoms with Crippen molar-refractivity contribution in [3.8, 4) is 0 Å². The number of hydrogen-bond donors (Lipinski definition) is 3. The lowest BCUT2D eigenvalue weighted by molar-refractivity contribution is 0.0705. The number of hydrogen-bond acceptors (Lipinski definition) is 5. The number of nitrogens with one attached hydrogen (secondary N) is 1. The number of primary amides is 1. The van der Waals surface area contributed by atoms with Crippen molar-refractivity contribution in [2.24, 2.45) is 5.73 Å². The van der Waals surface area contributed by atoms with Crippen LogP contribution in [-0.2, 0) is 9.47 Å². The van der Waals surface area contributed by atoms with E-state index in [0.717, 1.165) is 6.42 Å². The highest BCUT2D eigenvalue weighted by Crippen LogP contribution is 2.18. The summed E-state index contributed by atoms with van der Waals surface area (Å²) in [6.45, 7) is 2.48. The molecule has 1 amide bonds. The average Bonchev–Trinajstić information content (AvgIpc) is 2.37.